The van der Waals surface area contributed by atoms with Crippen LogP contribution in [-0.2, 0) is 9.47 Å². The minimum Gasteiger partial charge on any atom is -0.381 e. The zero-order valence-electron chi connectivity index (χ0n) is 8.65. The highest BCUT2D eigenvalue weighted by Gasteiger charge is 2.26. The van der Waals surface area contributed by atoms with E-state index >= 15 is 0 Å². The second kappa shape index (κ2) is 5.07. The normalized spacial score (nSPS) is 34.9. The van der Waals surface area contributed by atoms with Gasteiger partial charge in [-0.05, 0) is 12.3 Å². The third-order valence-electron chi connectivity index (χ3n) is 3.14. The molecule has 0 bridgehead atoms. The number of nitrogens with zero attached hydrogens (tertiary/aromatic N) is 1. The predicted octanol–water partition coefficient (Wildman–Crippen LogP) is -0.318. The van der Waals surface area contributed by atoms with Gasteiger partial charge in [-0.25, -0.2) is 0 Å². The number of hydrogen-bond donors (Lipinski definition) is 1. The summed E-state index contributed by atoms with van der Waals surface area (Å²) in [6.07, 6.45) is 1.20. The van der Waals surface area contributed by atoms with E-state index in [9.17, 15) is 0 Å². The van der Waals surface area contributed by atoms with Crippen LogP contribution in [0.5, 0.6) is 0 Å². The molecule has 2 N–H and O–H groups in total. The second-order valence-electron chi connectivity index (χ2n) is 4.19. The molecule has 82 valence electrons. The van der Waals surface area contributed by atoms with Crippen molar-refractivity contribution in [2.45, 2.75) is 12.5 Å². The molecule has 0 radical (unpaired) electrons. The molecule has 2 aliphatic rings. The van der Waals surface area contributed by atoms with Crippen LogP contribution < -0.4 is 5.73 Å². The van der Waals surface area contributed by atoms with Crippen LogP contribution in [0, 0.1) is 5.92 Å². The maximum atomic E-state index is 5.71. The van der Waals surface area contributed by atoms with Gasteiger partial charge in [0.05, 0.1) is 19.8 Å². The first-order valence-electron chi connectivity index (χ1n) is 5.49. The average Bonchev–Trinajstić information content (AvgIpc) is 2.71. The molecule has 0 amide bonds. The quantitative estimate of drug-likeness (QED) is 0.678. The topological polar surface area (TPSA) is 47.7 Å². The smallest absolute Gasteiger partial charge is 0.0634 e. The van der Waals surface area contributed by atoms with Crippen molar-refractivity contribution in [2.75, 3.05) is 46.1 Å². The van der Waals surface area contributed by atoms with Gasteiger partial charge in [0, 0.05) is 32.3 Å². The minimum absolute atomic E-state index is 0.421. The van der Waals surface area contributed by atoms with Crippen molar-refractivity contribution in [3.63, 3.8) is 0 Å². The van der Waals surface area contributed by atoms with Gasteiger partial charge in [0.1, 0.15) is 0 Å². The van der Waals surface area contributed by atoms with Crippen LogP contribution in [0.15, 0.2) is 0 Å². The van der Waals surface area contributed by atoms with Crippen LogP contribution in [0.25, 0.3) is 0 Å². The highest BCUT2D eigenvalue weighted by molar-refractivity contribution is 4.79. The molecule has 2 heterocycles. The molecule has 14 heavy (non-hydrogen) atoms. The molecule has 2 aliphatic heterocycles. The summed E-state index contributed by atoms with van der Waals surface area (Å²) in [5.41, 5.74) is 5.71. The van der Waals surface area contributed by atoms with E-state index < -0.39 is 0 Å². The van der Waals surface area contributed by atoms with E-state index in [4.69, 9.17) is 15.2 Å². The molecule has 0 aromatic rings. The molecule has 2 rings (SSSR count). The summed E-state index contributed by atoms with van der Waals surface area (Å²) in [7, 11) is 0. The van der Waals surface area contributed by atoms with Crippen LogP contribution in [0.2, 0.25) is 0 Å². The van der Waals surface area contributed by atoms with Crippen LogP contribution in [0.3, 0.4) is 0 Å². The molecule has 2 unspecified atom stereocenters. The fraction of sp³-hybridized carbons (Fsp3) is 1.00. The first-order chi connectivity index (χ1) is 6.90. The van der Waals surface area contributed by atoms with Gasteiger partial charge in [-0.15, -0.1) is 0 Å². The summed E-state index contributed by atoms with van der Waals surface area (Å²) in [6.45, 7) is 6.36. The third-order valence-corrected chi connectivity index (χ3v) is 3.14. The average molecular weight is 200 g/mol. The van der Waals surface area contributed by atoms with Crippen molar-refractivity contribution >= 4 is 0 Å². The van der Waals surface area contributed by atoms with Gasteiger partial charge in [0.2, 0.25) is 0 Å². The minimum atomic E-state index is 0.421. The van der Waals surface area contributed by atoms with Crippen LogP contribution in [0.4, 0.5) is 0 Å². The van der Waals surface area contributed by atoms with Gasteiger partial charge < -0.3 is 15.2 Å². The van der Waals surface area contributed by atoms with E-state index in [1.807, 2.05) is 0 Å². The number of rotatable bonds is 3. The highest BCUT2D eigenvalue weighted by atomic mass is 16.5. The van der Waals surface area contributed by atoms with Gasteiger partial charge in [-0.3, -0.25) is 4.90 Å². The van der Waals surface area contributed by atoms with Crippen molar-refractivity contribution in [1.29, 1.82) is 0 Å². The lowest BCUT2D eigenvalue weighted by atomic mass is 10.1. The molecule has 4 nitrogen and oxygen atoms in total. The Balaban J connectivity index is 1.81. The molecular weight excluding hydrogens is 180 g/mol. The Morgan fingerprint density at radius 3 is 2.79 bits per heavy atom. The first kappa shape index (κ1) is 10.4. The largest absolute Gasteiger partial charge is 0.381 e. The predicted molar refractivity (Wildman–Crippen MR) is 54.2 cm³/mol. The van der Waals surface area contributed by atoms with Crippen molar-refractivity contribution in [3.8, 4) is 0 Å². The fourth-order valence-corrected chi connectivity index (χ4v) is 2.21. The number of hydrogen-bond acceptors (Lipinski definition) is 4. The van der Waals surface area contributed by atoms with Crippen molar-refractivity contribution in [1.82, 2.24) is 4.90 Å². The van der Waals surface area contributed by atoms with Crippen LogP contribution >= 0.6 is 0 Å². The Kier molecular flexibility index (Phi) is 3.75. The van der Waals surface area contributed by atoms with Crippen molar-refractivity contribution in [3.05, 3.63) is 0 Å². The third kappa shape index (κ3) is 2.45. The van der Waals surface area contributed by atoms with E-state index in [1.165, 1.54) is 6.42 Å². The molecule has 0 aliphatic carbocycles. The standard InChI is InChI=1S/C10H20N2O2/c11-5-10-8-14-4-2-12(10)6-9-1-3-13-7-9/h9-10H,1-8,11H2. The lowest BCUT2D eigenvalue weighted by Gasteiger charge is -2.36. The Hall–Kier alpha value is -0.160. The molecule has 2 saturated heterocycles. The Labute approximate surface area is 85.3 Å². The lowest BCUT2D eigenvalue weighted by Crippen LogP contribution is -2.50. The number of morpholine rings is 1. The van der Waals surface area contributed by atoms with Crippen LogP contribution in [0.1, 0.15) is 6.42 Å². The zero-order chi connectivity index (χ0) is 9.80. The highest BCUT2D eigenvalue weighted by Crippen LogP contribution is 2.16. The molecule has 2 atom stereocenters. The molecule has 0 aromatic heterocycles. The van der Waals surface area contributed by atoms with Crippen LogP contribution in [-0.4, -0.2) is 57.0 Å². The summed E-state index contributed by atoms with van der Waals surface area (Å²) >= 11 is 0. The molecule has 0 spiro atoms. The van der Waals surface area contributed by atoms with E-state index in [1.54, 1.807) is 0 Å². The summed E-state index contributed by atoms with van der Waals surface area (Å²) in [5.74, 6) is 0.710. The molecule has 0 aromatic carbocycles. The molecule has 4 heteroatoms. The molecule has 0 saturated carbocycles. The van der Waals surface area contributed by atoms with Gasteiger partial charge in [0.15, 0.2) is 0 Å². The molecule has 2 fully saturated rings. The van der Waals surface area contributed by atoms with E-state index in [0.29, 0.717) is 18.5 Å². The maximum absolute atomic E-state index is 5.71. The summed E-state index contributed by atoms with van der Waals surface area (Å²) in [5, 5.41) is 0. The summed E-state index contributed by atoms with van der Waals surface area (Å²) < 4.78 is 10.8. The monoisotopic (exact) mass is 200 g/mol. The van der Waals surface area contributed by atoms with Gasteiger partial charge >= 0.3 is 0 Å². The summed E-state index contributed by atoms with van der Waals surface area (Å²) in [6, 6.07) is 0.421. The maximum Gasteiger partial charge on any atom is 0.0634 e. The number of ether oxygens (including phenoxy) is 2. The van der Waals surface area contributed by atoms with E-state index in [-0.39, 0.29) is 0 Å². The SMILES string of the molecule is NCC1COCCN1CC1CCOC1. The second-order valence-corrected chi connectivity index (χ2v) is 4.19. The van der Waals surface area contributed by atoms with Gasteiger partial charge in [0.25, 0.3) is 0 Å². The Morgan fingerprint density at radius 1 is 1.21 bits per heavy atom. The zero-order valence-corrected chi connectivity index (χ0v) is 8.65. The Bertz CT molecular complexity index is 172. The lowest BCUT2D eigenvalue weighted by molar-refractivity contribution is -0.0112. The Morgan fingerprint density at radius 2 is 2.07 bits per heavy atom. The van der Waals surface area contributed by atoms with E-state index in [0.717, 1.165) is 39.5 Å². The fourth-order valence-electron chi connectivity index (χ4n) is 2.21. The van der Waals surface area contributed by atoms with Gasteiger partial charge in [-0.1, -0.05) is 0 Å². The first-order valence-corrected chi connectivity index (χ1v) is 5.49. The number of nitrogens with two attached hydrogens (primary N) is 1. The summed E-state index contributed by atoms with van der Waals surface area (Å²) in [4.78, 5) is 2.46. The van der Waals surface area contributed by atoms with Gasteiger partial charge in [-0.2, -0.15) is 0 Å². The molecular formula is C10H20N2O2. The van der Waals surface area contributed by atoms with E-state index in [2.05, 4.69) is 4.90 Å². The van der Waals surface area contributed by atoms with Crippen molar-refractivity contribution in [2.24, 2.45) is 11.7 Å². The van der Waals surface area contributed by atoms with Crippen molar-refractivity contribution < 1.29 is 9.47 Å².